The summed E-state index contributed by atoms with van der Waals surface area (Å²) in [7, 11) is 0. The molecule has 0 radical (unpaired) electrons. The molecule has 1 aromatic carbocycles. The fourth-order valence-corrected chi connectivity index (χ4v) is 2.64. The molecule has 1 fully saturated rings. The van der Waals surface area contributed by atoms with E-state index in [0.29, 0.717) is 13.1 Å². The van der Waals surface area contributed by atoms with Gasteiger partial charge in [0.2, 0.25) is 0 Å². The third-order valence-corrected chi connectivity index (χ3v) is 3.64. The van der Waals surface area contributed by atoms with Crippen LogP contribution in [0.5, 0.6) is 0 Å². The number of rotatable bonds is 3. The van der Waals surface area contributed by atoms with Crippen molar-refractivity contribution in [1.82, 2.24) is 10.2 Å². The van der Waals surface area contributed by atoms with Gasteiger partial charge in [-0.3, -0.25) is 4.90 Å². The van der Waals surface area contributed by atoms with E-state index in [1.54, 1.807) is 6.08 Å². The minimum Gasteiger partial charge on any atom is -0.314 e. The Morgan fingerprint density at radius 3 is 2.32 bits per heavy atom. The summed E-state index contributed by atoms with van der Waals surface area (Å²) in [5, 5.41) is 3.27. The number of piperazine rings is 1. The van der Waals surface area contributed by atoms with Gasteiger partial charge in [-0.25, -0.2) is 0 Å². The molecule has 1 N–H and O–H groups in total. The smallest absolute Gasteiger partial charge is 0.314 e. The molecule has 0 bridgehead atoms. The van der Waals surface area contributed by atoms with Gasteiger partial charge >= 0.3 is 6.18 Å². The van der Waals surface area contributed by atoms with E-state index in [4.69, 9.17) is 11.6 Å². The average Bonchev–Trinajstić information content (AvgIpc) is 2.41. The molecule has 1 aliphatic rings. The largest absolute Gasteiger partial charge is 0.416 e. The number of benzene rings is 1. The molecule has 0 amide bonds. The van der Waals surface area contributed by atoms with Crippen molar-refractivity contribution in [1.29, 1.82) is 0 Å². The van der Waals surface area contributed by atoms with Crippen molar-refractivity contribution in [3.8, 4) is 0 Å². The van der Waals surface area contributed by atoms with Gasteiger partial charge in [0.05, 0.1) is 11.6 Å². The van der Waals surface area contributed by atoms with E-state index >= 15 is 0 Å². The zero-order valence-corrected chi connectivity index (χ0v) is 14.1. The van der Waals surface area contributed by atoms with Crippen molar-refractivity contribution in [2.75, 3.05) is 26.2 Å². The lowest BCUT2D eigenvalue weighted by Crippen LogP contribution is -2.45. The Kier molecular flexibility index (Phi) is 8.80. The predicted molar refractivity (Wildman–Crippen MR) is 88.3 cm³/mol. The van der Waals surface area contributed by atoms with E-state index in [2.05, 4.69) is 11.9 Å². The van der Waals surface area contributed by atoms with Crippen LogP contribution in [0.1, 0.15) is 17.2 Å². The van der Waals surface area contributed by atoms with Gasteiger partial charge in [0.1, 0.15) is 0 Å². The van der Waals surface area contributed by atoms with Crippen LogP contribution < -0.4 is 5.32 Å². The normalized spacial score (nSPS) is 17.1. The molecule has 2 nitrogen and oxygen atoms in total. The third-order valence-electron chi connectivity index (χ3n) is 3.41. The lowest BCUT2D eigenvalue weighted by molar-refractivity contribution is -0.138. The van der Waals surface area contributed by atoms with Gasteiger partial charge in [-0.15, -0.1) is 31.4 Å². The van der Waals surface area contributed by atoms with E-state index in [0.717, 1.165) is 19.2 Å². The number of hydrogen-bond donors (Lipinski definition) is 1. The SMILES string of the molecule is C=C[C@H](c1ccc(Cl)cc1C(F)(F)F)N1CCNCC1.Cl.Cl. The Balaban J connectivity index is 0.00000220. The Bertz CT molecular complexity index is 489. The number of hydrogen-bond acceptors (Lipinski definition) is 2. The average molecular weight is 378 g/mol. The maximum absolute atomic E-state index is 13.2. The molecule has 0 aliphatic carbocycles. The van der Waals surface area contributed by atoms with Crippen LogP contribution in [0.3, 0.4) is 0 Å². The summed E-state index contributed by atoms with van der Waals surface area (Å²) in [6.45, 7) is 6.60. The van der Waals surface area contributed by atoms with Gasteiger partial charge in [0.25, 0.3) is 0 Å². The van der Waals surface area contributed by atoms with Gasteiger partial charge in [0, 0.05) is 31.2 Å². The van der Waals surface area contributed by atoms with Crippen molar-refractivity contribution in [2.45, 2.75) is 12.2 Å². The first-order valence-electron chi connectivity index (χ1n) is 6.37. The fourth-order valence-electron chi connectivity index (χ4n) is 2.46. The van der Waals surface area contributed by atoms with E-state index < -0.39 is 17.8 Å². The van der Waals surface area contributed by atoms with Crippen LogP contribution in [0.4, 0.5) is 13.2 Å². The van der Waals surface area contributed by atoms with Crippen LogP contribution in [0, 0.1) is 0 Å². The summed E-state index contributed by atoms with van der Waals surface area (Å²) in [6, 6.07) is 3.46. The van der Waals surface area contributed by atoms with Crippen LogP contribution in [-0.4, -0.2) is 31.1 Å². The first-order valence-corrected chi connectivity index (χ1v) is 6.75. The van der Waals surface area contributed by atoms with Gasteiger partial charge in [-0.05, 0) is 17.7 Å². The molecule has 0 saturated carbocycles. The highest BCUT2D eigenvalue weighted by atomic mass is 35.5. The van der Waals surface area contributed by atoms with Gasteiger partial charge in [-0.2, -0.15) is 13.2 Å². The maximum Gasteiger partial charge on any atom is 0.416 e. The summed E-state index contributed by atoms with van der Waals surface area (Å²) >= 11 is 5.71. The molecule has 22 heavy (non-hydrogen) atoms. The standard InChI is InChI=1S/C14H16ClF3N2.2ClH/c1-2-13(20-7-5-19-6-8-20)11-4-3-10(15)9-12(11)14(16,17)18;;/h2-4,9,13,19H,1,5-8H2;2*1H/t13-;;/m1../s1. The molecule has 8 heteroatoms. The molecule has 0 aromatic heterocycles. The molecular formula is C14H18Cl3F3N2. The van der Waals surface area contributed by atoms with Crippen molar-refractivity contribution >= 4 is 36.4 Å². The highest BCUT2D eigenvalue weighted by Gasteiger charge is 2.36. The molecule has 2 rings (SSSR count). The summed E-state index contributed by atoms with van der Waals surface area (Å²) < 4.78 is 39.5. The first-order chi connectivity index (χ1) is 9.43. The van der Waals surface area contributed by atoms with Crippen molar-refractivity contribution in [3.05, 3.63) is 47.0 Å². The molecule has 0 unspecified atom stereocenters. The van der Waals surface area contributed by atoms with Crippen LogP contribution in [0.15, 0.2) is 30.9 Å². The van der Waals surface area contributed by atoms with Gasteiger partial charge in [-0.1, -0.05) is 23.7 Å². The zero-order chi connectivity index (χ0) is 14.8. The quantitative estimate of drug-likeness (QED) is 0.789. The first kappa shape index (κ1) is 21.5. The highest BCUT2D eigenvalue weighted by Crippen LogP contribution is 2.38. The number of nitrogens with zero attached hydrogens (tertiary/aromatic N) is 1. The van der Waals surface area contributed by atoms with Crippen LogP contribution in [0.25, 0.3) is 0 Å². The Morgan fingerprint density at radius 1 is 1.23 bits per heavy atom. The molecule has 1 atom stereocenters. The minimum atomic E-state index is -4.42. The van der Waals surface area contributed by atoms with Crippen molar-refractivity contribution in [3.63, 3.8) is 0 Å². The summed E-state index contributed by atoms with van der Waals surface area (Å²) in [4.78, 5) is 1.99. The Hall–Kier alpha value is -0.460. The second-order valence-electron chi connectivity index (χ2n) is 4.70. The fraction of sp³-hybridized carbons (Fsp3) is 0.429. The van der Waals surface area contributed by atoms with Gasteiger partial charge in [0.15, 0.2) is 0 Å². The molecule has 0 spiro atoms. The van der Waals surface area contributed by atoms with E-state index in [1.165, 1.54) is 12.1 Å². The summed E-state index contributed by atoms with van der Waals surface area (Å²) in [6.07, 6.45) is -2.86. The van der Waals surface area contributed by atoms with Crippen LogP contribution in [0.2, 0.25) is 5.02 Å². The van der Waals surface area contributed by atoms with Gasteiger partial charge < -0.3 is 5.32 Å². The summed E-state index contributed by atoms with van der Waals surface area (Å²) in [5.41, 5.74) is -0.479. The Morgan fingerprint density at radius 2 is 1.82 bits per heavy atom. The maximum atomic E-state index is 13.2. The number of nitrogens with one attached hydrogen (secondary N) is 1. The van der Waals surface area contributed by atoms with E-state index in [-0.39, 0.29) is 35.4 Å². The molecule has 126 valence electrons. The molecule has 1 aliphatic heterocycles. The monoisotopic (exact) mass is 376 g/mol. The molecular weight excluding hydrogens is 360 g/mol. The second kappa shape index (κ2) is 8.99. The topological polar surface area (TPSA) is 15.3 Å². The van der Waals surface area contributed by atoms with Crippen molar-refractivity contribution in [2.24, 2.45) is 0 Å². The Labute approximate surface area is 145 Å². The minimum absolute atomic E-state index is 0. The lowest BCUT2D eigenvalue weighted by Gasteiger charge is -2.34. The summed E-state index contributed by atoms with van der Waals surface area (Å²) in [5.74, 6) is 0. The molecule has 1 saturated heterocycles. The van der Waals surface area contributed by atoms with E-state index in [9.17, 15) is 13.2 Å². The van der Waals surface area contributed by atoms with Crippen LogP contribution in [-0.2, 0) is 6.18 Å². The highest BCUT2D eigenvalue weighted by molar-refractivity contribution is 6.30. The molecule has 1 heterocycles. The predicted octanol–water partition coefficient (Wildman–Crippen LogP) is 4.33. The number of alkyl halides is 3. The second-order valence-corrected chi connectivity index (χ2v) is 5.13. The zero-order valence-electron chi connectivity index (χ0n) is 11.7. The molecule has 1 aromatic rings. The van der Waals surface area contributed by atoms with Crippen molar-refractivity contribution < 1.29 is 13.2 Å². The lowest BCUT2D eigenvalue weighted by atomic mass is 9.98. The van der Waals surface area contributed by atoms with E-state index in [1.807, 2.05) is 4.90 Å². The third kappa shape index (κ3) is 5.03. The number of halogens is 6. The van der Waals surface area contributed by atoms with Crippen LogP contribution >= 0.6 is 36.4 Å².